The van der Waals surface area contributed by atoms with Gasteiger partial charge < -0.3 is 14.6 Å². The standard InChI is InChI=1S/C13H14N2.C4H4O4/c1-2-4-11(5-3-1)13-7-6-12-10-14-8-9-15(12)13;5-3(6)1-2-4(7)8/h2,4,6-11H,1,3,5H2;1-2H,(H,5,6)(H,7,8). The van der Waals surface area contributed by atoms with Crippen molar-refractivity contribution in [1.82, 2.24) is 9.38 Å². The van der Waals surface area contributed by atoms with Crippen LogP contribution in [0.4, 0.5) is 0 Å². The molecule has 2 aromatic rings. The van der Waals surface area contributed by atoms with Crippen LogP contribution in [0.5, 0.6) is 0 Å². The zero-order valence-corrected chi connectivity index (χ0v) is 12.5. The minimum atomic E-state index is -1.26. The van der Waals surface area contributed by atoms with Gasteiger partial charge in [-0.3, -0.25) is 4.98 Å². The van der Waals surface area contributed by atoms with E-state index in [1.165, 1.54) is 30.5 Å². The van der Waals surface area contributed by atoms with E-state index in [4.69, 9.17) is 10.2 Å². The number of carbonyl (C=O) groups is 2. The Bertz CT molecular complexity index is 730. The molecule has 1 atom stereocenters. The molecular formula is C17H18N2O4. The zero-order chi connectivity index (χ0) is 16.7. The maximum Gasteiger partial charge on any atom is 0.328 e. The minimum absolute atomic E-state index is 0.558. The van der Waals surface area contributed by atoms with Gasteiger partial charge in [-0.15, -0.1) is 0 Å². The summed E-state index contributed by atoms with van der Waals surface area (Å²) in [6.07, 6.45) is 15.4. The maximum absolute atomic E-state index is 9.55. The number of aromatic nitrogens is 2. The molecule has 0 aliphatic heterocycles. The zero-order valence-electron chi connectivity index (χ0n) is 12.5. The number of rotatable bonds is 3. The highest BCUT2D eigenvalue weighted by atomic mass is 16.4. The van der Waals surface area contributed by atoms with Gasteiger partial charge in [-0.2, -0.15) is 0 Å². The number of aliphatic carboxylic acids is 2. The molecule has 1 unspecified atom stereocenters. The van der Waals surface area contributed by atoms with Crippen LogP contribution in [0.2, 0.25) is 0 Å². The van der Waals surface area contributed by atoms with Gasteiger partial charge in [0.2, 0.25) is 0 Å². The van der Waals surface area contributed by atoms with E-state index in [0.29, 0.717) is 18.1 Å². The first kappa shape index (κ1) is 16.5. The van der Waals surface area contributed by atoms with Crippen LogP contribution in [0.15, 0.2) is 55.0 Å². The topological polar surface area (TPSA) is 91.9 Å². The lowest BCUT2D eigenvalue weighted by molar-refractivity contribution is -0.134. The highest BCUT2D eigenvalue weighted by Crippen LogP contribution is 2.28. The van der Waals surface area contributed by atoms with Gasteiger partial charge >= 0.3 is 11.9 Å². The van der Waals surface area contributed by atoms with Gasteiger partial charge in [0.1, 0.15) is 0 Å². The van der Waals surface area contributed by atoms with E-state index in [-0.39, 0.29) is 0 Å². The Kier molecular flexibility index (Phi) is 5.68. The molecule has 0 aromatic carbocycles. The highest BCUT2D eigenvalue weighted by molar-refractivity contribution is 5.89. The van der Waals surface area contributed by atoms with Crippen molar-refractivity contribution in [3.05, 3.63) is 60.7 Å². The van der Waals surface area contributed by atoms with Gasteiger partial charge in [0.05, 0.1) is 11.7 Å². The van der Waals surface area contributed by atoms with Crippen LogP contribution in [0.25, 0.3) is 5.52 Å². The molecule has 0 saturated carbocycles. The number of hydrogen-bond acceptors (Lipinski definition) is 3. The lowest BCUT2D eigenvalue weighted by Crippen LogP contribution is -2.02. The van der Waals surface area contributed by atoms with Gasteiger partial charge in [-0.05, 0) is 31.4 Å². The molecule has 0 spiro atoms. The van der Waals surface area contributed by atoms with Crippen molar-refractivity contribution >= 4 is 17.5 Å². The first-order valence-electron chi connectivity index (χ1n) is 7.29. The average molecular weight is 314 g/mol. The molecule has 2 N–H and O–H groups in total. The molecule has 23 heavy (non-hydrogen) atoms. The predicted octanol–water partition coefficient (Wildman–Crippen LogP) is 2.87. The van der Waals surface area contributed by atoms with Crippen molar-refractivity contribution < 1.29 is 19.8 Å². The normalized spacial score (nSPS) is 17.0. The largest absolute Gasteiger partial charge is 0.478 e. The van der Waals surface area contributed by atoms with Crippen LogP contribution in [0, 0.1) is 0 Å². The lowest BCUT2D eigenvalue weighted by atomic mass is 9.93. The molecule has 3 rings (SSSR count). The maximum atomic E-state index is 9.55. The van der Waals surface area contributed by atoms with Crippen LogP contribution in [0.3, 0.4) is 0 Å². The average Bonchev–Trinajstić information content (AvgIpc) is 2.98. The predicted molar refractivity (Wildman–Crippen MR) is 85.3 cm³/mol. The molecule has 6 heteroatoms. The molecule has 1 aliphatic carbocycles. The quantitative estimate of drug-likeness (QED) is 0.671. The summed E-state index contributed by atoms with van der Waals surface area (Å²) in [5, 5.41) is 15.6. The van der Waals surface area contributed by atoms with Gasteiger partial charge in [0.15, 0.2) is 0 Å². The van der Waals surface area contributed by atoms with E-state index in [1.807, 2.05) is 18.6 Å². The molecule has 0 fully saturated rings. The number of fused-ring (bicyclic) bond motifs is 1. The Morgan fingerprint density at radius 2 is 1.96 bits per heavy atom. The fourth-order valence-electron chi connectivity index (χ4n) is 2.49. The van der Waals surface area contributed by atoms with Gasteiger partial charge in [0, 0.05) is 36.2 Å². The molecule has 0 amide bonds. The number of hydrogen-bond donors (Lipinski definition) is 2. The van der Waals surface area contributed by atoms with Gasteiger partial charge in [-0.1, -0.05) is 12.2 Å². The fraction of sp³-hybridized carbons (Fsp3) is 0.235. The summed E-state index contributed by atoms with van der Waals surface area (Å²) in [4.78, 5) is 23.2. The summed E-state index contributed by atoms with van der Waals surface area (Å²) in [6, 6.07) is 4.36. The Morgan fingerprint density at radius 1 is 1.22 bits per heavy atom. The summed E-state index contributed by atoms with van der Waals surface area (Å²) >= 11 is 0. The highest BCUT2D eigenvalue weighted by Gasteiger charge is 2.13. The van der Waals surface area contributed by atoms with Crippen LogP contribution < -0.4 is 0 Å². The van der Waals surface area contributed by atoms with Crippen molar-refractivity contribution in [1.29, 1.82) is 0 Å². The van der Waals surface area contributed by atoms with Crippen LogP contribution in [-0.2, 0) is 9.59 Å². The van der Waals surface area contributed by atoms with Crippen molar-refractivity contribution in [3.8, 4) is 0 Å². The van der Waals surface area contributed by atoms with Crippen LogP contribution >= 0.6 is 0 Å². The van der Waals surface area contributed by atoms with Crippen molar-refractivity contribution in [2.75, 3.05) is 0 Å². The van der Waals surface area contributed by atoms with E-state index in [1.54, 1.807) is 0 Å². The Hall–Kier alpha value is -2.89. The SMILES string of the molecule is C1=CC(c2ccc3cnccn23)CCC1.O=C(O)C=CC(=O)O. The summed E-state index contributed by atoms with van der Waals surface area (Å²) in [6.45, 7) is 0. The van der Waals surface area contributed by atoms with E-state index < -0.39 is 11.9 Å². The Balaban J connectivity index is 0.000000207. The first-order chi connectivity index (χ1) is 11.1. The van der Waals surface area contributed by atoms with E-state index >= 15 is 0 Å². The minimum Gasteiger partial charge on any atom is -0.478 e. The molecule has 120 valence electrons. The lowest BCUT2D eigenvalue weighted by Gasteiger charge is -2.16. The number of nitrogens with zero attached hydrogens (tertiary/aromatic N) is 2. The van der Waals surface area contributed by atoms with E-state index in [2.05, 4.69) is 33.7 Å². The van der Waals surface area contributed by atoms with Crippen molar-refractivity contribution in [2.24, 2.45) is 0 Å². The van der Waals surface area contributed by atoms with Crippen molar-refractivity contribution in [2.45, 2.75) is 25.2 Å². The van der Waals surface area contributed by atoms with Crippen LogP contribution in [0.1, 0.15) is 30.9 Å². The third-order valence-electron chi connectivity index (χ3n) is 3.49. The molecule has 2 heterocycles. The first-order valence-corrected chi connectivity index (χ1v) is 7.29. The third kappa shape index (κ3) is 4.81. The number of carboxylic acids is 2. The smallest absolute Gasteiger partial charge is 0.328 e. The number of carboxylic acid groups (broad SMARTS) is 2. The molecular weight excluding hydrogens is 296 g/mol. The summed E-state index contributed by atoms with van der Waals surface area (Å²) in [5.74, 6) is -1.93. The molecule has 6 nitrogen and oxygen atoms in total. The fourth-order valence-corrected chi connectivity index (χ4v) is 2.49. The van der Waals surface area contributed by atoms with Crippen molar-refractivity contribution in [3.63, 3.8) is 0 Å². The summed E-state index contributed by atoms with van der Waals surface area (Å²) in [7, 11) is 0. The second kappa shape index (κ2) is 7.93. The van der Waals surface area contributed by atoms with E-state index in [0.717, 1.165) is 0 Å². The van der Waals surface area contributed by atoms with E-state index in [9.17, 15) is 9.59 Å². The molecule has 1 aliphatic rings. The Morgan fingerprint density at radius 3 is 2.57 bits per heavy atom. The molecule has 2 aromatic heterocycles. The second-order valence-corrected chi connectivity index (χ2v) is 5.10. The molecule has 0 bridgehead atoms. The summed E-state index contributed by atoms with van der Waals surface area (Å²) < 4.78 is 2.24. The Labute approximate surface area is 133 Å². The second-order valence-electron chi connectivity index (χ2n) is 5.10. The van der Waals surface area contributed by atoms with Gasteiger partial charge in [-0.25, -0.2) is 9.59 Å². The molecule has 0 radical (unpaired) electrons. The summed E-state index contributed by atoms with van der Waals surface area (Å²) in [5.41, 5.74) is 2.58. The number of allylic oxidation sites excluding steroid dienone is 2. The van der Waals surface area contributed by atoms with Gasteiger partial charge in [0.25, 0.3) is 0 Å². The molecule has 0 saturated heterocycles. The van der Waals surface area contributed by atoms with Crippen LogP contribution in [-0.4, -0.2) is 31.5 Å². The third-order valence-corrected chi connectivity index (χ3v) is 3.49. The monoisotopic (exact) mass is 314 g/mol.